The molecule has 0 saturated heterocycles. The second-order valence-electron chi connectivity index (χ2n) is 5.76. The normalized spacial score (nSPS) is 15.5. The zero-order chi connectivity index (χ0) is 18.2. The van der Waals surface area contributed by atoms with Crippen LogP contribution in [0.2, 0.25) is 0 Å². The van der Waals surface area contributed by atoms with Crippen LogP contribution in [-0.2, 0) is 14.8 Å². The van der Waals surface area contributed by atoms with Gasteiger partial charge in [-0.2, -0.15) is 12.8 Å². The molecular formula is C16H14BrFN2O4S. The first-order valence-electron chi connectivity index (χ1n) is 7.37. The van der Waals surface area contributed by atoms with E-state index in [1.165, 1.54) is 6.07 Å². The van der Waals surface area contributed by atoms with E-state index in [9.17, 15) is 17.6 Å². The first kappa shape index (κ1) is 17.8. The van der Waals surface area contributed by atoms with Crippen molar-refractivity contribution in [1.29, 1.82) is 0 Å². The first-order chi connectivity index (χ1) is 11.7. The number of hydrogen-bond acceptors (Lipinski definition) is 5. The lowest BCUT2D eigenvalue weighted by molar-refractivity contribution is -0.127. The zero-order valence-corrected chi connectivity index (χ0v) is 15.5. The minimum atomic E-state index is -4.28. The van der Waals surface area contributed by atoms with Gasteiger partial charge in [0.25, 0.3) is 15.9 Å². The summed E-state index contributed by atoms with van der Waals surface area (Å²) in [6.07, 6.45) is 0.761. The smallest absolute Gasteiger partial charge is 0.281 e. The number of hydrogen-bond donors (Lipinski definition) is 1. The molecule has 0 aliphatic heterocycles. The van der Waals surface area contributed by atoms with E-state index in [-0.39, 0.29) is 0 Å². The second kappa shape index (κ2) is 6.38. The van der Waals surface area contributed by atoms with Gasteiger partial charge in [-0.05, 0) is 52.7 Å². The number of halogens is 2. The van der Waals surface area contributed by atoms with Crippen molar-refractivity contribution >= 4 is 31.9 Å². The van der Waals surface area contributed by atoms with Crippen LogP contribution in [0.3, 0.4) is 0 Å². The molecule has 0 unspecified atom stereocenters. The number of nitrogens with zero attached hydrogens (tertiary/aromatic N) is 1. The third-order valence-electron chi connectivity index (χ3n) is 3.70. The van der Waals surface area contributed by atoms with Crippen molar-refractivity contribution in [3.63, 3.8) is 0 Å². The Kier molecular flexibility index (Phi) is 4.54. The van der Waals surface area contributed by atoms with E-state index in [2.05, 4.69) is 20.9 Å². The Morgan fingerprint density at radius 2 is 2.04 bits per heavy atom. The molecule has 1 amide bonds. The molecule has 9 heteroatoms. The van der Waals surface area contributed by atoms with Crippen LogP contribution in [0.4, 0.5) is 4.39 Å². The van der Waals surface area contributed by atoms with Crippen LogP contribution in [0.25, 0.3) is 0 Å². The molecule has 1 heterocycles. The number of amides is 1. The van der Waals surface area contributed by atoms with E-state index in [1.807, 2.05) is 17.7 Å². The molecule has 1 aromatic heterocycles. The van der Waals surface area contributed by atoms with Gasteiger partial charge in [-0.15, -0.1) is 0 Å². The number of nitrogens with one attached hydrogen (secondary N) is 1. The number of ether oxygens (including phenoxy) is 1. The van der Waals surface area contributed by atoms with E-state index in [0.29, 0.717) is 23.1 Å². The molecule has 1 aliphatic carbocycles. The Bertz CT molecular complexity index is 945. The second-order valence-corrected chi connectivity index (χ2v) is 8.25. The van der Waals surface area contributed by atoms with E-state index in [4.69, 9.17) is 4.74 Å². The van der Waals surface area contributed by atoms with Gasteiger partial charge < -0.3 is 4.74 Å². The quantitative estimate of drug-likeness (QED) is 0.739. The first-order valence-corrected chi connectivity index (χ1v) is 9.64. The van der Waals surface area contributed by atoms with Gasteiger partial charge in [0.2, 0.25) is 5.95 Å². The highest BCUT2D eigenvalue weighted by atomic mass is 79.9. The highest BCUT2D eigenvalue weighted by Gasteiger charge is 2.54. The van der Waals surface area contributed by atoms with E-state index < -0.39 is 32.5 Å². The molecule has 0 bridgehead atoms. The molecule has 2 aromatic rings. The fourth-order valence-corrected chi connectivity index (χ4v) is 3.52. The number of rotatable bonds is 5. The molecule has 6 nitrogen and oxygen atoms in total. The number of aryl methyl sites for hydroxylation is 1. The maximum atomic E-state index is 13.1. The van der Waals surface area contributed by atoms with Gasteiger partial charge in [0.1, 0.15) is 5.75 Å². The van der Waals surface area contributed by atoms with Gasteiger partial charge in [-0.25, -0.2) is 9.71 Å². The predicted octanol–water partition coefficient (Wildman–Crippen LogP) is 2.71. The number of pyridine rings is 1. The lowest BCUT2D eigenvalue weighted by Crippen LogP contribution is -2.43. The van der Waals surface area contributed by atoms with E-state index in [0.717, 1.165) is 17.7 Å². The van der Waals surface area contributed by atoms with Crippen LogP contribution in [0.1, 0.15) is 18.4 Å². The van der Waals surface area contributed by atoms with Crippen LogP contribution in [0.15, 0.2) is 45.9 Å². The fraction of sp³-hybridized carbons (Fsp3) is 0.250. The van der Waals surface area contributed by atoms with Gasteiger partial charge in [0, 0.05) is 12.8 Å². The van der Waals surface area contributed by atoms with Crippen LogP contribution in [0, 0.1) is 12.9 Å². The summed E-state index contributed by atoms with van der Waals surface area (Å²) in [7, 11) is -4.28. The molecule has 0 radical (unpaired) electrons. The van der Waals surface area contributed by atoms with E-state index >= 15 is 0 Å². The molecule has 1 N–H and O–H groups in total. The summed E-state index contributed by atoms with van der Waals surface area (Å²) in [4.78, 5) is 15.7. The van der Waals surface area contributed by atoms with Gasteiger partial charge in [-0.3, -0.25) is 4.79 Å². The third-order valence-corrected chi connectivity index (χ3v) is 5.59. The minimum Gasteiger partial charge on any atom is -0.476 e. The number of aromatic nitrogens is 1. The zero-order valence-electron chi connectivity index (χ0n) is 13.1. The Morgan fingerprint density at radius 1 is 1.32 bits per heavy atom. The molecule has 132 valence electrons. The van der Waals surface area contributed by atoms with Crippen LogP contribution in [-0.4, -0.2) is 24.9 Å². The Hall–Kier alpha value is -2.00. The predicted molar refractivity (Wildman–Crippen MR) is 91.0 cm³/mol. The number of benzene rings is 1. The van der Waals surface area contributed by atoms with Crippen LogP contribution in [0.5, 0.6) is 5.75 Å². The molecule has 1 saturated carbocycles. The van der Waals surface area contributed by atoms with Crippen molar-refractivity contribution in [2.45, 2.75) is 30.4 Å². The largest absolute Gasteiger partial charge is 0.476 e. The van der Waals surface area contributed by atoms with Gasteiger partial charge in [-0.1, -0.05) is 12.1 Å². The minimum absolute atomic E-state index is 0.380. The summed E-state index contributed by atoms with van der Waals surface area (Å²) in [5.74, 6) is -1.29. The highest BCUT2D eigenvalue weighted by molar-refractivity contribution is 9.10. The molecule has 1 fully saturated rings. The highest BCUT2D eigenvalue weighted by Crippen LogP contribution is 2.43. The van der Waals surface area contributed by atoms with Crippen molar-refractivity contribution in [2.24, 2.45) is 0 Å². The average molecular weight is 429 g/mol. The molecule has 25 heavy (non-hydrogen) atoms. The van der Waals surface area contributed by atoms with Gasteiger partial charge in [0.05, 0.1) is 4.47 Å². The topological polar surface area (TPSA) is 85.4 Å². The fourth-order valence-electron chi connectivity index (χ4n) is 2.19. The molecule has 1 aromatic carbocycles. The summed E-state index contributed by atoms with van der Waals surface area (Å²) in [6, 6.07) is 8.73. The molecule has 0 atom stereocenters. The number of sulfonamides is 1. The lowest BCUT2D eigenvalue weighted by atomic mass is 10.2. The SMILES string of the molecule is Cc1ccc(Br)c(OC2(C(=O)NS(=O)(=O)c3cccc(F)n3)CC2)c1. The summed E-state index contributed by atoms with van der Waals surface area (Å²) < 4.78 is 45.9. The van der Waals surface area contributed by atoms with Crippen molar-refractivity contribution < 1.29 is 22.3 Å². The summed E-state index contributed by atoms with van der Waals surface area (Å²) >= 11 is 3.34. The van der Waals surface area contributed by atoms with Crippen molar-refractivity contribution in [3.8, 4) is 5.75 Å². The Morgan fingerprint density at radius 3 is 2.68 bits per heavy atom. The van der Waals surface area contributed by atoms with Gasteiger partial charge in [0.15, 0.2) is 10.6 Å². The number of carbonyl (C=O) groups excluding carboxylic acids is 1. The van der Waals surface area contributed by atoms with Crippen LogP contribution < -0.4 is 9.46 Å². The Balaban J connectivity index is 1.80. The molecular weight excluding hydrogens is 415 g/mol. The summed E-state index contributed by atoms with van der Waals surface area (Å²) in [5, 5.41) is -0.562. The maximum absolute atomic E-state index is 13.1. The van der Waals surface area contributed by atoms with E-state index in [1.54, 1.807) is 12.1 Å². The van der Waals surface area contributed by atoms with Crippen molar-refractivity contribution in [1.82, 2.24) is 9.71 Å². The monoisotopic (exact) mass is 428 g/mol. The number of carbonyl (C=O) groups is 1. The van der Waals surface area contributed by atoms with Crippen LogP contribution >= 0.6 is 15.9 Å². The Labute approximate surface area is 152 Å². The van der Waals surface area contributed by atoms with Crippen molar-refractivity contribution in [3.05, 3.63) is 52.4 Å². The molecule has 0 spiro atoms. The van der Waals surface area contributed by atoms with Crippen molar-refractivity contribution in [2.75, 3.05) is 0 Å². The maximum Gasteiger partial charge on any atom is 0.281 e. The third kappa shape index (κ3) is 3.82. The average Bonchev–Trinajstić information content (AvgIpc) is 3.31. The molecule has 1 aliphatic rings. The lowest BCUT2D eigenvalue weighted by Gasteiger charge is -2.19. The summed E-state index contributed by atoms with van der Waals surface area (Å²) in [6.45, 7) is 1.87. The van der Waals surface area contributed by atoms with Gasteiger partial charge >= 0.3 is 0 Å². The standard InChI is InChI=1S/C16H14BrFN2O4S/c1-10-5-6-11(17)12(9-10)24-16(7-8-16)15(21)20-25(22,23)14-4-2-3-13(18)19-14/h2-6,9H,7-8H2,1H3,(H,20,21). The molecule has 3 rings (SSSR count). The summed E-state index contributed by atoms with van der Waals surface area (Å²) in [5.41, 5.74) is -0.317.